The molecule has 1 aliphatic carbocycles. The number of rotatable bonds is 11. The van der Waals surface area contributed by atoms with Crippen LogP contribution in [0.3, 0.4) is 0 Å². The molecule has 1 heteroatoms. The zero-order valence-corrected chi connectivity index (χ0v) is 26.1. The fourth-order valence-electron chi connectivity index (χ4n) is 5.26. The Morgan fingerprint density at radius 1 is 1.00 bits per heavy atom. The lowest BCUT2D eigenvalue weighted by Crippen LogP contribution is -2.02. The van der Waals surface area contributed by atoms with E-state index in [1.54, 1.807) is 0 Å². The van der Waals surface area contributed by atoms with E-state index in [-0.39, 0.29) is 0 Å². The number of hydrogen-bond acceptors (Lipinski definition) is 0. The summed E-state index contributed by atoms with van der Waals surface area (Å²) < 4.78 is 2.43. The molecule has 0 saturated heterocycles. The zero-order valence-electron chi connectivity index (χ0n) is 26.1. The minimum atomic E-state index is 1.01. The molecule has 3 aromatic rings. The van der Waals surface area contributed by atoms with Gasteiger partial charge in [0.15, 0.2) is 0 Å². The van der Waals surface area contributed by atoms with Crippen LogP contribution in [-0.4, -0.2) is 4.57 Å². The van der Waals surface area contributed by atoms with Crippen molar-refractivity contribution in [1.82, 2.24) is 4.57 Å². The molecule has 0 fully saturated rings. The Bertz CT molecular complexity index is 1670. The van der Waals surface area contributed by atoms with Gasteiger partial charge < -0.3 is 4.57 Å². The average molecular weight is 552 g/mol. The molecule has 4 rings (SSSR count). The number of nitrogens with zero attached hydrogens (tertiary/aromatic N) is 1. The summed E-state index contributed by atoms with van der Waals surface area (Å²) in [5, 5.41) is 1.32. The summed E-state index contributed by atoms with van der Waals surface area (Å²) in [6.45, 7) is 19.0. The molecule has 42 heavy (non-hydrogen) atoms. The number of fused-ring (bicyclic) bond motifs is 3. The van der Waals surface area contributed by atoms with Crippen LogP contribution in [0.2, 0.25) is 0 Å². The van der Waals surface area contributed by atoms with Crippen molar-refractivity contribution in [3.8, 4) is 5.69 Å². The highest BCUT2D eigenvalue weighted by atomic mass is 15.0. The number of allylic oxidation sites excluding steroid dienone is 14. The minimum Gasteiger partial charge on any atom is -0.310 e. The second-order valence-electron chi connectivity index (χ2n) is 11.2. The Balaban J connectivity index is 1.75. The predicted molar refractivity (Wildman–Crippen MR) is 188 cm³/mol. The van der Waals surface area contributed by atoms with Gasteiger partial charge in [-0.15, -0.1) is 0 Å². The summed E-state index contributed by atoms with van der Waals surface area (Å²) in [6, 6.07) is 15.8. The maximum absolute atomic E-state index is 4.30. The Labute approximate surface area is 253 Å². The second-order valence-corrected chi connectivity index (χ2v) is 11.2. The number of hydrogen-bond donors (Lipinski definition) is 0. The van der Waals surface area contributed by atoms with E-state index in [0.717, 1.165) is 36.0 Å². The van der Waals surface area contributed by atoms with Crippen LogP contribution < -0.4 is 0 Å². The van der Waals surface area contributed by atoms with Crippen molar-refractivity contribution in [1.29, 1.82) is 0 Å². The third kappa shape index (κ3) is 7.28. The molecule has 0 amide bonds. The van der Waals surface area contributed by atoms with Crippen molar-refractivity contribution in [3.05, 3.63) is 155 Å². The lowest BCUT2D eigenvalue weighted by atomic mass is 9.94. The van der Waals surface area contributed by atoms with Crippen LogP contribution in [0.4, 0.5) is 0 Å². The molecule has 0 aliphatic heterocycles. The van der Waals surface area contributed by atoms with Gasteiger partial charge in [-0.1, -0.05) is 117 Å². The minimum absolute atomic E-state index is 1.01. The first kappa shape index (κ1) is 30.6. The van der Waals surface area contributed by atoms with Gasteiger partial charge in [-0.05, 0) is 111 Å². The summed E-state index contributed by atoms with van der Waals surface area (Å²) in [4.78, 5) is 0. The number of unbranched alkanes of at least 4 members (excludes halogenated alkanes) is 1. The molecule has 1 aromatic heterocycles. The second kappa shape index (κ2) is 14.5. The van der Waals surface area contributed by atoms with Crippen LogP contribution >= 0.6 is 0 Å². The first-order valence-corrected chi connectivity index (χ1v) is 15.2. The molecule has 0 N–H and O–H groups in total. The van der Waals surface area contributed by atoms with E-state index in [0.29, 0.717) is 0 Å². The molecule has 2 aromatic carbocycles. The van der Waals surface area contributed by atoms with Gasteiger partial charge in [0.25, 0.3) is 0 Å². The van der Waals surface area contributed by atoms with Crippen LogP contribution in [0.15, 0.2) is 133 Å². The number of benzene rings is 2. The van der Waals surface area contributed by atoms with E-state index < -0.39 is 0 Å². The van der Waals surface area contributed by atoms with Crippen LogP contribution in [0.5, 0.6) is 0 Å². The quantitative estimate of drug-likeness (QED) is 0.209. The van der Waals surface area contributed by atoms with Gasteiger partial charge in [0.2, 0.25) is 0 Å². The SMILES string of the molecule is C=C/C=C(\C=C(/C)C(=C)/C=C\C(C)=C/C)c1ccc2c(c1)c1c(n2-c2ccc(C=C/C=C\CCC)cc2)C=C(C)CC1. The van der Waals surface area contributed by atoms with Gasteiger partial charge in [0.05, 0.1) is 5.52 Å². The summed E-state index contributed by atoms with van der Waals surface area (Å²) in [7, 11) is 0. The lowest BCUT2D eigenvalue weighted by molar-refractivity contribution is 0.917. The van der Waals surface area contributed by atoms with E-state index in [1.165, 1.54) is 56.5 Å². The number of aromatic nitrogens is 1. The molecule has 1 aliphatic rings. The highest BCUT2D eigenvalue weighted by molar-refractivity contribution is 5.94. The standard InChI is InChI=1S/C41H45N/c1-8-11-12-13-14-16-34-20-23-37(24-21-34)42-40-26-22-36(29-39(40)38-25-18-31(5)27-41(38)42)35(15-9-2)28-33(7)32(6)19-17-30(4)10-3/h9-10,12-17,19-24,26-29H,2,6,8,11,18,25H2,1,3-5,7H3/b13-12-,16-14?,19-17-,30-10-,33-28+,35-15+. The maximum atomic E-state index is 4.30. The summed E-state index contributed by atoms with van der Waals surface area (Å²) >= 11 is 0. The molecule has 0 atom stereocenters. The van der Waals surface area contributed by atoms with Crippen LogP contribution in [0.25, 0.3) is 34.3 Å². The zero-order chi connectivity index (χ0) is 30.1. The summed E-state index contributed by atoms with van der Waals surface area (Å²) in [6.07, 6.45) is 28.0. The van der Waals surface area contributed by atoms with Crippen LogP contribution in [0, 0.1) is 0 Å². The smallest absolute Gasteiger partial charge is 0.0538 e. The predicted octanol–water partition coefficient (Wildman–Crippen LogP) is 11.9. The molecular weight excluding hydrogens is 506 g/mol. The van der Waals surface area contributed by atoms with Crippen molar-refractivity contribution in [2.75, 3.05) is 0 Å². The van der Waals surface area contributed by atoms with E-state index in [4.69, 9.17) is 0 Å². The van der Waals surface area contributed by atoms with E-state index >= 15 is 0 Å². The molecule has 1 heterocycles. The lowest BCUT2D eigenvalue weighted by Gasteiger charge is -2.14. The highest BCUT2D eigenvalue weighted by Gasteiger charge is 2.20. The summed E-state index contributed by atoms with van der Waals surface area (Å²) in [5.74, 6) is 0. The van der Waals surface area contributed by atoms with Gasteiger partial charge in [0.1, 0.15) is 0 Å². The van der Waals surface area contributed by atoms with Gasteiger partial charge in [-0.2, -0.15) is 0 Å². The van der Waals surface area contributed by atoms with Gasteiger partial charge in [0, 0.05) is 16.8 Å². The molecule has 214 valence electrons. The first-order valence-electron chi connectivity index (χ1n) is 15.2. The fourth-order valence-corrected chi connectivity index (χ4v) is 5.26. The van der Waals surface area contributed by atoms with Gasteiger partial charge in [-0.3, -0.25) is 0 Å². The van der Waals surface area contributed by atoms with Gasteiger partial charge >= 0.3 is 0 Å². The van der Waals surface area contributed by atoms with Crippen molar-refractivity contribution in [2.24, 2.45) is 0 Å². The summed E-state index contributed by atoms with van der Waals surface area (Å²) in [5.41, 5.74) is 13.5. The van der Waals surface area contributed by atoms with E-state index in [1.807, 2.05) is 6.08 Å². The third-order valence-electron chi connectivity index (χ3n) is 7.92. The molecule has 0 bridgehead atoms. The Kier molecular flexibility index (Phi) is 10.6. The van der Waals surface area contributed by atoms with Crippen molar-refractivity contribution >= 4 is 28.6 Å². The largest absolute Gasteiger partial charge is 0.310 e. The highest BCUT2D eigenvalue weighted by Crippen LogP contribution is 2.37. The van der Waals surface area contributed by atoms with Crippen molar-refractivity contribution in [2.45, 2.75) is 60.3 Å². The first-order chi connectivity index (χ1) is 20.4. The Morgan fingerprint density at radius 2 is 1.79 bits per heavy atom. The fraction of sp³-hybridized carbons (Fsp3) is 0.220. The molecule has 0 saturated carbocycles. The van der Waals surface area contributed by atoms with E-state index in [9.17, 15) is 0 Å². The molecule has 0 spiro atoms. The van der Waals surface area contributed by atoms with Crippen molar-refractivity contribution < 1.29 is 0 Å². The Hall–Kier alpha value is -4.36. The van der Waals surface area contributed by atoms with Gasteiger partial charge in [-0.25, -0.2) is 0 Å². The van der Waals surface area contributed by atoms with Crippen LogP contribution in [-0.2, 0) is 6.42 Å². The van der Waals surface area contributed by atoms with E-state index in [2.05, 4.69) is 156 Å². The molecule has 0 radical (unpaired) electrons. The average Bonchev–Trinajstić information content (AvgIpc) is 3.32. The maximum Gasteiger partial charge on any atom is 0.0538 e. The molecule has 0 unspecified atom stereocenters. The molecule has 1 nitrogen and oxygen atoms in total. The normalized spacial score (nSPS) is 14.8. The number of aryl methyl sites for hydroxylation is 1. The van der Waals surface area contributed by atoms with Crippen LogP contribution in [0.1, 0.15) is 76.3 Å². The topological polar surface area (TPSA) is 4.93 Å². The van der Waals surface area contributed by atoms with Crippen molar-refractivity contribution in [3.63, 3.8) is 0 Å². The molecular formula is C41H45N. The monoisotopic (exact) mass is 551 g/mol. The third-order valence-corrected chi connectivity index (χ3v) is 7.92. The Morgan fingerprint density at radius 3 is 2.50 bits per heavy atom.